The fraction of sp³-hybridized carbons (Fsp3) is 0.421. The lowest BCUT2D eigenvalue weighted by Crippen LogP contribution is -2.35. The Hall–Kier alpha value is -1.99. The van der Waals surface area contributed by atoms with E-state index in [1.54, 1.807) is 0 Å². The van der Waals surface area contributed by atoms with Gasteiger partial charge in [-0.25, -0.2) is 15.0 Å². The topological polar surface area (TPSA) is 67.1 Å². The van der Waals surface area contributed by atoms with Gasteiger partial charge in [0, 0.05) is 29.0 Å². The maximum Gasteiger partial charge on any atom is 0.223 e. The standard InChI is InChI=1S/C19H23BrN6/c1-12-9-23-19(24-15-6-4-14(21-2)5-7-15)25-18(12)16-10-22-17-8-3-13(20)11-26(16)17/h3,8-11,14-15,21H,4-7H2,1-2H3,(H,23,24,25). The maximum atomic E-state index is 4.81. The Morgan fingerprint density at radius 1 is 1.08 bits per heavy atom. The molecule has 1 saturated carbocycles. The van der Waals surface area contributed by atoms with Crippen molar-refractivity contribution in [2.24, 2.45) is 0 Å². The lowest BCUT2D eigenvalue weighted by atomic mass is 9.91. The van der Waals surface area contributed by atoms with Crippen molar-refractivity contribution in [3.8, 4) is 11.4 Å². The summed E-state index contributed by atoms with van der Waals surface area (Å²) in [5.41, 5.74) is 3.83. The Morgan fingerprint density at radius 3 is 2.62 bits per heavy atom. The number of aromatic nitrogens is 4. The maximum absolute atomic E-state index is 4.81. The highest BCUT2D eigenvalue weighted by Gasteiger charge is 2.21. The Kier molecular flexibility index (Phi) is 4.91. The first-order valence-corrected chi connectivity index (χ1v) is 9.84. The SMILES string of the molecule is CNC1CCC(Nc2ncc(C)c(-c3cnc4ccc(Br)cn34)n2)CC1. The van der Waals surface area contributed by atoms with E-state index in [-0.39, 0.29) is 0 Å². The fourth-order valence-electron chi connectivity index (χ4n) is 3.61. The molecular formula is C19H23BrN6. The molecule has 0 aromatic carbocycles. The molecule has 2 N–H and O–H groups in total. The van der Waals surface area contributed by atoms with Gasteiger partial charge in [0.05, 0.1) is 17.6 Å². The van der Waals surface area contributed by atoms with Gasteiger partial charge in [0.15, 0.2) is 0 Å². The molecule has 0 aliphatic heterocycles. The average Bonchev–Trinajstić information content (AvgIpc) is 3.07. The number of aryl methyl sites for hydroxylation is 1. The molecule has 26 heavy (non-hydrogen) atoms. The zero-order valence-electron chi connectivity index (χ0n) is 15.0. The van der Waals surface area contributed by atoms with Gasteiger partial charge in [-0.3, -0.25) is 4.40 Å². The molecule has 0 amide bonds. The molecule has 0 atom stereocenters. The lowest BCUT2D eigenvalue weighted by Gasteiger charge is -2.28. The summed E-state index contributed by atoms with van der Waals surface area (Å²) in [6, 6.07) is 5.06. The summed E-state index contributed by atoms with van der Waals surface area (Å²) < 4.78 is 3.07. The number of rotatable bonds is 4. The van der Waals surface area contributed by atoms with Gasteiger partial charge in [-0.05, 0) is 73.3 Å². The van der Waals surface area contributed by atoms with Crippen molar-refractivity contribution in [2.45, 2.75) is 44.7 Å². The number of fused-ring (bicyclic) bond motifs is 1. The molecule has 0 bridgehead atoms. The van der Waals surface area contributed by atoms with Crippen LogP contribution in [0.3, 0.4) is 0 Å². The lowest BCUT2D eigenvalue weighted by molar-refractivity contribution is 0.370. The summed E-state index contributed by atoms with van der Waals surface area (Å²) in [4.78, 5) is 13.8. The third-order valence-corrected chi connectivity index (χ3v) is 5.62. The number of nitrogens with zero attached hydrogens (tertiary/aromatic N) is 4. The molecule has 4 rings (SSSR count). The van der Waals surface area contributed by atoms with Crippen LogP contribution in [-0.2, 0) is 0 Å². The van der Waals surface area contributed by atoms with Crippen LogP contribution in [0.1, 0.15) is 31.2 Å². The molecule has 136 valence electrons. The first-order valence-electron chi connectivity index (χ1n) is 9.04. The number of nitrogens with one attached hydrogen (secondary N) is 2. The number of anilines is 1. The van der Waals surface area contributed by atoms with Crippen molar-refractivity contribution in [1.29, 1.82) is 0 Å². The van der Waals surface area contributed by atoms with Crippen LogP contribution in [0.2, 0.25) is 0 Å². The highest BCUT2D eigenvalue weighted by atomic mass is 79.9. The molecule has 7 heteroatoms. The van der Waals surface area contributed by atoms with Crippen molar-refractivity contribution in [2.75, 3.05) is 12.4 Å². The van der Waals surface area contributed by atoms with Gasteiger partial charge in [0.2, 0.25) is 5.95 Å². The Labute approximate surface area is 161 Å². The van der Waals surface area contributed by atoms with Gasteiger partial charge in [-0.15, -0.1) is 0 Å². The van der Waals surface area contributed by atoms with Crippen molar-refractivity contribution in [3.05, 3.63) is 40.8 Å². The Morgan fingerprint density at radius 2 is 1.85 bits per heavy atom. The van der Waals surface area contributed by atoms with E-state index in [9.17, 15) is 0 Å². The van der Waals surface area contributed by atoms with Crippen LogP contribution in [0.15, 0.2) is 35.2 Å². The molecule has 1 aliphatic carbocycles. The van der Waals surface area contributed by atoms with E-state index in [1.807, 2.05) is 44.7 Å². The molecule has 1 fully saturated rings. The predicted octanol–water partition coefficient (Wildman–Crippen LogP) is 3.80. The summed E-state index contributed by atoms with van der Waals surface area (Å²) in [7, 11) is 2.04. The van der Waals surface area contributed by atoms with Gasteiger partial charge in [0.1, 0.15) is 5.65 Å². The third-order valence-electron chi connectivity index (χ3n) is 5.15. The minimum atomic E-state index is 0.437. The number of hydrogen-bond acceptors (Lipinski definition) is 5. The zero-order chi connectivity index (χ0) is 18.1. The molecule has 0 unspecified atom stereocenters. The second-order valence-electron chi connectivity index (χ2n) is 6.93. The van der Waals surface area contributed by atoms with Crippen LogP contribution in [-0.4, -0.2) is 38.5 Å². The van der Waals surface area contributed by atoms with Gasteiger partial charge in [-0.2, -0.15) is 0 Å². The number of imidazole rings is 1. The van der Waals surface area contributed by atoms with E-state index in [2.05, 4.69) is 40.9 Å². The van der Waals surface area contributed by atoms with E-state index < -0.39 is 0 Å². The smallest absolute Gasteiger partial charge is 0.223 e. The zero-order valence-corrected chi connectivity index (χ0v) is 16.6. The van der Waals surface area contributed by atoms with E-state index in [4.69, 9.17) is 4.98 Å². The van der Waals surface area contributed by atoms with Crippen molar-refractivity contribution in [3.63, 3.8) is 0 Å². The quantitative estimate of drug-likeness (QED) is 0.679. The van der Waals surface area contributed by atoms with Crippen molar-refractivity contribution >= 4 is 27.5 Å². The van der Waals surface area contributed by atoms with Gasteiger partial charge in [-0.1, -0.05) is 0 Å². The van der Waals surface area contributed by atoms with E-state index >= 15 is 0 Å². The van der Waals surface area contributed by atoms with Crippen LogP contribution in [0.5, 0.6) is 0 Å². The van der Waals surface area contributed by atoms with Crippen LogP contribution >= 0.6 is 15.9 Å². The molecule has 1 aliphatic rings. The van der Waals surface area contributed by atoms with E-state index in [0.29, 0.717) is 18.0 Å². The number of hydrogen-bond donors (Lipinski definition) is 2. The van der Waals surface area contributed by atoms with Gasteiger partial charge >= 0.3 is 0 Å². The van der Waals surface area contributed by atoms with E-state index in [0.717, 1.165) is 39.9 Å². The Balaban J connectivity index is 1.61. The average molecular weight is 415 g/mol. The monoisotopic (exact) mass is 414 g/mol. The van der Waals surface area contributed by atoms with Crippen molar-refractivity contribution < 1.29 is 0 Å². The highest BCUT2D eigenvalue weighted by Crippen LogP contribution is 2.26. The summed E-state index contributed by atoms with van der Waals surface area (Å²) in [6.45, 7) is 2.04. The van der Waals surface area contributed by atoms with Crippen LogP contribution < -0.4 is 10.6 Å². The fourth-order valence-corrected chi connectivity index (χ4v) is 3.95. The first kappa shape index (κ1) is 17.4. The van der Waals surface area contributed by atoms with Crippen LogP contribution in [0.4, 0.5) is 5.95 Å². The minimum absolute atomic E-state index is 0.437. The molecule has 0 radical (unpaired) electrons. The Bertz CT molecular complexity index is 914. The molecule has 6 nitrogen and oxygen atoms in total. The summed E-state index contributed by atoms with van der Waals surface area (Å²) in [6.07, 6.45) is 10.4. The minimum Gasteiger partial charge on any atom is -0.351 e. The number of halogens is 1. The van der Waals surface area contributed by atoms with E-state index in [1.165, 1.54) is 12.8 Å². The third kappa shape index (κ3) is 3.46. The summed E-state index contributed by atoms with van der Waals surface area (Å²) in [5.74, 6) is 0.698. The summed E-state index contributed by atoms with van der Waals surface area (Å²) >= 11 is 3.53. The highest BCUT2D eigenvalue weighted by molar-refractivity contribution is 9.10. The van der Waals surface area contributed by atoms with Crippen molar-refractivity contribution in [1.82, 2.24) is 24.7 Å². The van der Waals surface area contributed by atoms with Gasteiger partial charge in [0.25, 0.3) is 0 Å². The predicted molar refractivity (Wildman–Crippen MR) is 107 cm³/mol. The molecule has 0 saturated heterocycles. The largest absolute Gasteiger partial charge is 0.351 e. The second-order valence-corrected chi connectivity index (χ2v) is 7.84. The number of pyridine rings is 1. The molecule has 3 aromatic heterocycles. The molecule has 0 spiro atoms. The van der Waals surface area contributed by atoms with Crippen LogP contribution in [0, 0.1) is 6.92 Å². The second kappa shape index (κ2) is 7.32. The molecule has 3 aromatic rings. The summed E-state index contributed by atoms with van der Waals surface area (Å²) in [5, 5.41) is 6.90. The molecule has 3 heterocycles. The molecular weight excluding hydrogens is 392 g/mol. The normalized spacial score (nSPS) is 20.4. The first-order chi connectivity index (χ1) is 12.6. The van der Waals surface area contributed by atoms with Gasteiger partial charge < -0.3 is 10.6 Å². The van der Waals surface area contributed by atoms with Crippen LogP contribution in [0.25, 0.3) is 17.0 Å².